The quantitative estimate of drug-likeness (QED) is 0.620. The summed E-state index contributed by atoms with van der Waals surface area (Å²) >= 11 is 0. The van der Waals surface area contributed by atoms with Gasteiger partial charge in [0, 0.05) is 24.2 Å². The Morgan fingerprint density at radius 3 is 2.23 bits per heavy atom. The van der Waals surface area contributed by atoms with Gasteiger partial charge in [0.05, 0.1) is 0 Å². The van der Waals surface area contributed by atoms with Crippen LogP contribution in [0.15, 0.2) is 18.2 Å². The molecule has 3 nitrogen and oxygen atoms in total. The van der Waals surface area contributed by atoms with Crippen LogP contribution in [0.25, 0.3) is 0 Å². The van der Waals surface area contributed by atoms with Crippen LogP contribution in [-0.2, 0) is 16.8 Å². The highest BCUT2D eigenvalue weighted by Crippen LogP contribution is 2.50. The Labute approximate surface area is 171 Å². The topological polar surface area (TPSA) is 40.5 Å². The summed E-state index contributed by atoms with van der Waals surface area (Å²) in [4.78, 5) is 14.3. The molecule has 3 rings (SSSR count). The van der Waals surface area contributed by atoms with Gasteiger partial charge in [0.25, 0.3) is 5.60 Å². The van der Waals surface area contributed by atoms with Crippen LogP contribution in [-0.4, -0.2) is 29.9 Å². The minimum atomic E-state index is -5.93. The fraction of sp³-hybridized carbons (Fsp3) is 0.667. The minimum Gasteiger partial charge on any atom is -0.369 e. The lowest BCUT2D eigenvalue weighted by Gasteiger charge is -2.33. The van der Waals surface area contributed by atoms with Gasteiger partial charge in [0.2, 0.25) is 5.91 Å². The smallest absolute Gasteiger partial charge is 0.369 e. The molecule has 1 saturated carbocycles. The predicted octanol–water partition coefficient (Wildman–Crippen LogP) is 5.64. The number of aryl methyl sites for hydroxylation is 1. The van der Waals surface area contributed by atoms with E-state index < -0.39 is 23.5 Å². The summed E-state index contributed by atoms with van der Waals surface area (Å²) in [5.41, 5.74) is -5.69. The SMILES string of the molecule is O=C(CCC1CCCC1)N1CCCCc2cc(C(O)(C(F)(F)F)C(F)(F)F)ccc21. The van der Waals surface area contributed by atoms with E-state index in [1.54, 1.807) is 0 Å². The van der Waals surface area contributed by atoms with Gasteiger partial charge in [-0.3, -0.25) is 4.79 Å². The number of carbonyl (C=O) groups excluding carboxylic acids is 1. The number of hydrogen-bond acceptors (Lipinski definition) is 2. The van der Waals surface area contributed by atoms with Crippen molar-refractivity contribution in [2.45, 2.75) is 75.7 Å². The average Bonchev–Trinajstić information content (AvgIpc) is 3.08. The van der Waals surface area contributed by atoms with Crippen molar-refractivity contribution in [1.82, 2.24) is 0 Å². The first-order valence-electron chi connectivity index (χ1n) is 10.2. The summed E-state index contributed by atoms with van der Waals surface area (Å²) in [5, 5.41) is 9.68. The van der Waals surface area contributed by atoms with E-state index in [9.17, 15) is 36.2 Å². The maximum atomic E-state index is 13.2. The molecule has 1 aliphatic carbocycles. The normalized spacial score (nSPS) is 19.0. The molecule has 2 aliphatic rings. The summed E-state index contributed by atoms with van der Waals surface area (Å²) in [5.74, 6) is 0.330. The molecule has 0 bridgehead atoms. The van der Waals surface area contributed by atoms with Crippen molar-refractivity contribution in [3.63, 3.8) is 0 Å². The molecule has 168 valence electrons. The number of halogens is 6. The van der Waals surface area contributed by atoms with Crippen LogP contribution in [0.2, 0.25) is 0 Å². The molecule has 1 aromatic rings. The van der Waals surface area contributed by atoms with Crippen LogP contribution in [0, 0.1) is 5.92 Å². The van der Waals surface area contributed by atoms with E-state index in [4.69, 9.17) is 0 Å². The Morgan fingerprint density at radius 2 is 1.63 bits per heavy atom. The number of benzene rings is 1. The summed E-state index contributed by atoms with van der Waals surface area (Å²) < 4.78 is 79.3. The number of nitrogens with zero attached hydrogens (tertiary/aromatic N) is 1. The zero-order valence-electron chi connectivity index (χ0n) is 16.5. The third-order valence-corrected chi connectivity index (χ3v) is 6.23. The molecule has 1 aromatic carbocycles. The van der Waals surface area contributed by atoms with Crippen LogP contribution in [0.5, 0.6) is 0 Å². The van der Waals surface area contributed by atoms with E-state index >= 15 is 0 Å². The maximum absolute atomic E-state index is 13.2. The third kappa shape index (κ3) is 4.31. The minimum absolute atomic E-state index is 0.167. The summed E-state index contributed by atoms with van der Waals surface area (Å²) in [6.45, 7) is 0.374. The zero-order chi connectivity index (χ0) is 22.2. The molecule has 1 aliphatic heterocycles. The lowest BCUT2D eigenvalue weighted by molar-refractivity contribution is -0.376. The second kappa shape index (κ2) is 8.40. The van der Waals surface area contributed by atoms with E-state index in [1.165, 1.54) is 4.90 Å². The number of fused-ring (bicyclic) bond motifs is 1. The molecule has 0 unspecified atom stereocenters. The Kier molecular flexibility index (Phi) is 6.41. The Balaban J connectivity index is 1.90. The second-order valence-corrected chi connectivity index (χ2v) is 8.24. The van der Waals surface area contributed by atoms with Crippen molar-refractivity contribution in [2.75, 3.05) is 11.4 Å². The van der Waals surface area contributed by atoms with Crippen molar-refractivity contribution >= 4 is 11.6 Å². The van der Waals surface area contributed by atoms with Gasteiger partial charge in [-0.2, -0.15) is 26.3 Å². The monoisotopic (exact) mass is 437 g/mol. The lowest BCUT2D eigenvalue weighted by Crippen LogP contribution is -2.54. The number of amides is 1. The van der Waals surface area contributed by atoms with Gasteiger partial charge in [-0.1, -0.05) is 37.8 Å². The number of hydrogen-bond donors (Lipinski definition) is 1. The molecule has 9 heteroatoms. The van der Waals surface area contributed by atoms with Crippen molar-refractivity contribution in [1.29, 1.82) is 0 Å². The summed E-state index contributed by atoms with van der Waals surface area (Å²) in [7, 11) is 0. The van der Waals surface area contributed by atoms with Crippen molar-refractivity contribution in [3.8, 4) is 0 Å². The molecule has 30 heavy (non-hydrogen) atoms. The number of rotatable bonds is 4. The van der Waals surface area contributed by atoms with Crippen molar-refractivity contribution < 1.29 is 36.2 Å². The second-order valence-electron chi connectivity index (χ2n) is 8.24. The van der Waals surface area contributed by atoms with Crippen LogP contribution in [0.4, 0.5) is 32.0 Å². The molecule has 0 radical (unpaired) electrons. The molecule has 0 saturated heterocycles. The predicted molar refractivity (Wildman–Crippen MR) is 98.9 cm³/mol. The lowest BCUT2D eigenvalue weighted by atomic mass is 9.89. The molecular weight excluding hydrogens is 412 g/mol. The van der Waals surface area contributed by atoms with Crippen LogP contribution in [0.1, 0.15) is 62.5 Å². The van der Waals surface area contributed by atoms with E-state index in [1.807, 2.05) is 0 Å². The Morgan fingerprint density at radius 1 is 1.00 bits per heavy atom. The third-order valence-electron chi connectivity index (χ3n) is 6.23. The van der Waals surface area contributed by atoms with Crippen LogP contribution in [0.3, 0.4) is 0 Å². The first-order chi connectivity index (χ1) is 13.9. The van der Waals surface area contributed by atoms with Gasteiger partial charge in [0.15, 0.2) is 0 Å². The molecule has 0 spiro atoms. The number of aliphatic hydroxyl groups is 1. The standard InChI is InChI=1S/C21H25F6NO2/c22-20(23,24)19(30,21(25,26)27)16-9-10-17-15(13-16)7-3-4-12-28(17)18(29)11-8-14-5-1-2-6-14/h9-10,13-14,30H,1-8,11-12H2. The van der Waals surface area contributed by atoms with Crippen molar-refractivity contribution in [3.05, 3.63) is 29.3 Å². The maximum Gasteiger partial charge on any atom is 0.430 e. The summed E-state index contributed by atoms with van der Waals surface area (Å²) in [6, 6.07) is 2.48. The van der Waals surface area contributed by atoms with E-state index in [0.717, 1.165) is 44.2 Å². The van der Waals surface area contributed by atoms with Gasteiger partial charge >= 0.3 is 12.4 Å². The molecule has 1 heterocycles. The molecule has 1 amide bonds. The zero-order valence-corrected chi connectivity index (χ0v) is 16.5. The molecular formula is C21H25F6NO2. The number of anilines is 1. The van der Waals surface area contributed by atoms with E-state index in [2.05, 4.69) is 0 Å². The highest BCUT2D eigenvalue weighted by atomic mass is 19.4. The molecule has 1 fully saturated rings. The van der Waals surface area contributed by atoms with E-state index in [0.29, 0.717) is 43.5 Å². The van der Waals surface area contributed by atoms with Gasteiger partial charge in [-0.05, 0) is 43.2 Å². The number of alkyl halides is 6. The van der Waals surface area contributed by atoms with Crippen LogP contribution >= 0.6 is 0 Å². The first-order valence-corrected chi connectivity index (χ1v) is 10.2. The highest BCUT2D eigenvalue weighted by molar-refractivity contribution is 5.94. The average molecular weight is 437 g/mol. The van der Waals surface area contributed by atoms with Crippen molar-refractivity contribution in [2.24, 2.45) is 5.92 Å². The van der Waals surface area contributed by atoms with E-state index in [-0.39, 0.29) is 17.9 Å². The fourth-order valence-corrected chi connectivity index (χ4v) is 4.49. The Hall–Kier alpha value is -1.77. The Bertz CT molecular complexity index is 754. The van der Waals surface area contributed by atoms with Crippen LogP contribution < -0.4 is 4.90 Å². The molecule has 0 atom stereocenters. The first kappa shape index (κ1) is 22.9. The highest BCUT2D eigenvalue weighted by Gasteiger charge is 2.71. The number of carbonyl (C=O) groups is 1. The summed E-state index contributed by atoms with van der Waals surface area (Å²) in [6.07, 6.45) is -4.98. The van der Waals surface area contributed by atoms with Gasteiger partial charge in [-0.15, -0.1) is 0 Å². The molecule has 1 N–H and O–H groups in total. The molecule has 0 aromatic heterocycles. The van der Waals surface area contributed by atoms with Gasteiger partial charge in [0.1, 0.15) is 0 Å². The van der Waals surface area contributed by atoms with Gasteiger partial charge in [-0.25, -0.2) is 0 Å². The largest absolute Gasteiger partial charge is 0.430 e. The van der Waals surface area contributed by atoms with Gasteiger partial charge < -0.3 is 10.0 Å². The fourth-order valence-electron chi connectivity index (χ4n) is 4.49.